The first-order valence-corrected chi connectivity index (χ1v) is 6.52. The number of para-hydroxylation sites is 1. The molecular weight excluding hydrogens is 304 g/mol. The van der Waals surface area contributed by atoms with Crippen molar-refractivity contribution >= 4 is 27.5 Å². The van der Waals surface area contributed by atoms with E-state index in [4.69, 9.17) is 5.26 Å². The fourth-order valence-corrected chi connectivity index (χ4v) is 2.12. The van der Waals surface area contributed by atoms with Crippen molar-refractivity contribution in [1.82, 2.24) is 0 Å². The van der Waals surface area contributed by atoms with Crippen LogP contribution in [0.15, 0.2) is 53.0 Å². The van der Waals surface area contributed by atoms with Crippen LogP contribution >= 0.6 is 15.9 Å². The summed E-state index contributed by atoms with van der Waals surface area (Å²) in [6, 6.07) is 16.6. The third-order valence-electron chi connectivity index (χ3n) is 2.63. The Labute approximate surface area is 120 Å². The van der Waals surface area contributed by atoms with Crippen LogP contribution in [0.3, 0.4) is 0 Å². The van der Waals surface area contributed by atoms with Gasteiger partial charge in [-0.1, -0.05) is 46.3 Å². The third-order valence-corrected chi connectivity index (χ3v) is 3.40. The molecule has 0 aliphatic heterocycles. The summed E-state index contributed by atoms with van der Waals surface area (Å²) < 4.78 is 0.902. The maximum absolute atomic E-state index is 12.0. The standard InChI is InChI=1S/C15H11BrN2O/c16-13-7-3-1-5-11(13)9-15(19)18-14-8-4-2-6-12(14)10-17/h1-8H,9H2,(H,18,19). The lowest BCUT2D eigenvalue weighted by atomic mass is 10.1. The maximum atomic E-state index is 12.0. The summed E-state index contributed by atoms with van der Waals surface area (Å²) in [5.74, 6) is -0.144. The van der Waals surface area contributed by atoms with Crippen LogP contribution in [-0.2, 0) is 11.2 Å². The molecule has 0 aliphatic rings. The van der Waals surface area contributed by atoms with Crippen LogP contribution in [0.1, 0.15) is 11.1 Å². The number of carbonyl (C=O) groups is 1. The van der Waals surface area contributed by atoms with Crippen molar-refractivity contribution in [3.63, 3.8) is 0 Å². The van der Waals surface area contributed by atoms with E-state index >= 15 is 0 Å². The minimum absolute atomic E-state index is 0.144. The van der Waals surface area contributed by atoms with Crippen LogP contribution in [0.2, 0.25) is 0 Å². The molecule has 0 aromatic heterocycles. The van der Waals surface area contributed by atoms with Crippen molar-refractivity contribution in [3.05, 3.63) is 64.1 Å². The Morgan fingerprint density at radius 1 is 1.16 bits per heavy atom. The SMILES string of the molecule is N#Cc1ccccc1NC(=O)Cc1ccccc1Br. The number of hydrogen-bond donors (Lipinski definition) is 1. The van der Waals surface area contributed by atoms with E-state index in [2.05, 4.69) is 27.3 Å². The Balaban J connectivity index is 2.11. The Bertz CT molecular complexity index is 647. The maximum Gasteiger partial charge on any atom is 0.228 e. The molecule has 0 heterocycles. The van der Waals surface area contributed by atoms with E-state index in [0.717, 1.165) is 10.0 Å². The third kappa shape index (κ3) is 3.43. The first-order chi connectivity index (χ1) is 9.20. The summed E-state index contributed by atoms with van der Waals surface area (Å²) in [5.41, 5.74) is 1.92. The number of nitrogens with one attached hydrogen (secondary N) is 1. The number of benzene rings is 2. The molecule has 0 atom stereocenters. The molecule has 2 aromatic carbocycles. The van der Waals surface area contributed by atoms with Crippen molar-refractivity contribution in [1.29, 1.82) is 5.26 Å². The highest BCUT2D eigenvalue weighted by Crippen LogP contribution is 2.18. The molecule has 19 heavy (non-hydrogen) atoms. The number of halogens is 1. The van der Waals surface area contributed by atoms with Gasteiger partial charge in [-0.25, -0.2) is 0 Å². The molecule has 3 nitrogen and oxygen atoms in total. The van der Waals surface area contributed by atoms with Gasteiger partial charge in [0.1, 0.15) is 6.07 Å². The number of rotatable bonds is 3. The normalized spacial score (nSPS) is 9.68. The molecule has 0 aliphatic carbocycles. The van der Waals surface area contributed by atoms with Crippen LogP contribution in [-0.4, -0.2) is 5.91 Å². The smallest absolute Gasteiger partial charge is 0.228 e. The highest BCUT2D eigenvalue weighted by Gasteiger charge is 2.08. The molecule has 0 radical (unpaired) electrons. The molecule has 0 bridgehead atoms. The molecule has 1 N–H and O–H groups in total. The Hall–Kier alpha value is -2.12. The number of carbonyl (C=O) groups excluding carboxylic acids is 1. The molecule has 0 saturated heterocycles. The quantitative estimate of drug-likeness (QED) is 0.942. The minimum Gasteiger partial charge on any atom is -0.325 e. The topological polar surface area (TPSA) is 52.9 Å². The number of anilines is 1. The highest BCUT2D eigenvalue weighted by molar-refractivity contribution is 9.10. The van der Waals surface area contributed by atoms with Crippen molar-refractivity contribution < 1.29 is 4.79 Å². The zero-order valence-electron chi connectivity index (χ0n) is 10.1. The average molecular weight is 315 g/mol. The zero-order chi connectivity index (χ0) is 13.7. The molecule has 0 unspecified atom stereocenters. The predicted octanol–water partition coefficient (Wildman–Crippen LogP) is 3.50. The Morgan fingerprint density at radius 3 is 2.58 bits per heavy atom. The van der Waals surface area contributed by atoms with Crippen LogP contribution in [0.25, 0.3) is 0 Å². The van der Waals surface area contributed by atoms with Gasteiger partial charge in [-0.2, -0.15) is 5.26 Å². The van der Waals surface area contributed by atoms with Crippen LogP contribution in [0, 0.1) is 11.3 Å². The highest BCUT2D eigenvalue weighted by atomic mass is 79.9. The van der Waals surface area contributed by atoms with E-state index < -0.39 is 0 Å². The number of amides is 1. The summed E-state index contributed by atoms with van der Waals surface area (Å²) in [5, 5.41) is 11.7. The van der Waals surface area contributed by atoms with Gasteiger partial charge >= 0.3 is 0 Å². The van der Waals surface area contributed by atoms with E-state index in [0.29, 0.717) is 11.3 Å². The fraction of sp³-hybridized carbons (Fsp3) is 0.0667. The summed E-state index contributed by atoms with van der Waals surface area (Å²) >= 11 is 3.41. The molecule has 4 heteroatoms. The molecular formula is C15H11BrN2O. The van der Waals surface area contributed by atoms with Gasteiger partial charge in [0, 0.05) is 4.47 Å². The molecule has 94 valence electrons. The van der Waals surface area contributed by atoms with Gasteiger partial charge in [-0.3, -0.25) is 4.79 Å². The fourth-order valence-electron chi connectivity index (χ4n) is 1.70. The van der Waals surface area contributed by atoms with Gasteiger partial charge in [0.25, 0.3) is 0 Å². The number of nitriles is 1. The van der Waals surface area contributed by atoms with Gasteiger partial charge in [-0.15, -0.1) is 0 Å². The van der Waals surface area contributed by atoms with Crippen LogP contribution in [0.4, 0.5) is 5.69 Å². The zero-order valence-corrected chi connectivity index (χ0v) is 11.6. The lowest BCUT2D eigenvalue weighted by Crippen LogP contribution is -2.15. The number of hydrogen-bond acceptors (Lipinski definition) is 2. The van der Waals surface area contributed by atoms with E-state index in [-0.39, 0.29) is 12.3 Å². The van der Waals surface area contributed by atoms with E-state index in [1.165, 1.54) is 0 Å². The minimum atomic E-state index is -0.144. The van der Waals surface area contributed by atoms with Crippen LogP contribution < -0.4 is 5.32 Å². The van der Waals surface area contributed by atoms with Gasteiger partial charge in [-0.05, 0) is 23.8 Å². The second kappa shape index (κ2) is 6.17. The van der Waals surface area contributed by atoms with E-state index in [9.17, 15) is 4.79 Å². The molecule has 2 rings (SSSR count). The predicted molar refractivity (Wildman–Crippen MR) is 77.6 cm³/mol. The lowest BCUT2D eigenvalue weighted by Gasteiger charge is -2.07. The second-order valence-electron chi connectivity index (χ2n) is 3.97. The van der Waals surface area contributed by atoms with Gasteiger partial charge in [0.15, 0.2) is 0 Å². The van der Waals surface area contributed by atoms with Crippen molar-refractivity contribution in [2.45, 2.75) is 6.42 Å². The first kappa shape index (κ1) is 13.3. The molecule has 2 aromatic rings. The molecule has 1 amide bonds. The van der Waals surface area contributed by atoms with Gasteiger partial charge < -0.3 is 5.32 Å². The monoisotopic (exact) mass is 314 g/mol. The van der Waals surface area contributed by atoms with E-state index in [1.807, 2.05) is 24.3 Å². The van der Waals surface area contributed by atoms with Crippen molar-refractivity contribution in [2.75, 3.05) is 5.32 Å². The van der Waals surface area contributed by atoms with Gasteiger partial charge in [0.05, 0.1) is 17.7 Å². The van der Waals surface area contributed by atoms with Crippen molar-refractivity contribution in [3.8, 4) is 6.07 Å². The summed E-state index contributed by atoms with van der Waals surface area (Å²) in [6.07, 6.45) is 0.265. The van der Waals surface area contributed by atoms with Gasteiger partial charge in [0.2, 0.25) is 5.91 Å². The lowest BCUT2D eigenvalue weighted by molar-refractivity contribution is -0.115. The average Bonchev–Trinajstić information content (AvgIpc) is 2.42. The number of nitrogens with zero attached hydrogens (tertiary/aromatic N) is 1. The van der Waals surface area contributed by atoms with E-state index in [1.54, 1.807) is 24.3 Å². The molecule has 0 spiro atoms. The summed E-state index contributed by atoms with van der Waals surface area (Å²) in [6.45, 7) is 0. The summed E-state index contributed by atoms with van der Waals surface area (Å²) in [4.78, 5) is 12.0. The first-order valence-electron chi connectivity index (χ1n) is 5.73. The Morgan fingerprint density at radius 2 is 1.84 bits per heavy atom. The second-order valence-corrected chi connectivity index (χ2v) is 4.83. The largest absolute Gasteiger partial charge is 0.325 e. The van der Waals surface area contributed by atoms with Crippen molar-refractivity contribution in [2.24, 2.45) is 0 Å². The molecule has 0 fully saturated rings. The summed E-state index contributed by atoms with van der Waals surface area (Å²) in [7, 11) is 0. The Kier molecular flexibility index (Phi) is 4.32. The molecule has 0 saturated carbocycles. The van der Waals surface area contributed by atoms with Crippen LogP contribution in [0.5, 0.6) is 0 Å².